The van der Waals surface area contributed by atoms with Crippen molar-refractivity contribution in [2.75, 3.05) is 6.54 Å². The minimum Gasteiger partial charge on any atom is -0.342 e. The molecule has 1 saturated carbocycles. The standard InChI is InChI=1S/C16H28N2O2/c1-10(2)14-16(20)18(12(4)15(19)17-14)9-13-8-6-5-7-11(13)3/h10-14H,5-9H2,1-4H3,(H,17,19). The molecule has 20 heavy (non-hydrogen) atoms. The fourth-order valence-corrected chi connectivity index (χ4v) is 3.46. The molecule has 1 aliphatic heterocycles. The van der Waals surface area contributed by atoms with Gasteiger partial charge in [0.05, 0.1) is 0 Å². The maximum Gasteiger partial charge on any atom is 0.246 e. The van der Waals surface area contributed by atoms with Gasteiger partial charge < -0.3 is 10.2 Å². The van der Waals surface area contributed by atoms with Gasteiger partial charge in [-0.2, -0.15) is 0 Å². The van der Waals surface area contributed by atoms with Crippen LogP contribution in [-0.4, -0.2) is 35.3 Å². The van der Waals surface area contributed by atoms with Crippen LogP contribution in [0, 0.1) is 17.8 Å². The Balaban J connectivity index is 2.10. The molecule has 1 N–H and O–H groups in total. The molecule has 2 aliphatic rings. The zero-order valence-corrected chi connectivity index (χ0v) is 13.2. The molecule has 1 aliphatic carbocycles. The van der Waals surface area contributed by atoms with Crippen molar-refractivity contribution in [3.05, 3.63) is 0 Å². The molecule has 2 amide bonds. The van der Waals surface area contributed by atoms with E-state index in [0.29, 0.717) is 11.8 Å². The van der Waals surface area contributed by atoms with Crippen molar-refractivity contribution < 1.29 is 9.59 Å². The Morgan fingerprint density at radius 3 is 2.45 bits per heavy atom. The first-order valence-electron chi connectivity index (χ1n) is 8.02. The highest BCUT2D eigenvalue weighted by Gasteiger charge is 2.40. The lowest BCUT2D eigenvalue weighted by Crippen LogP contribution is -2.64. The molecule has 1 saturated heterocycles. The number of rotatable bonds is 3. The first kappa shape index (κ1) is 15.3. The van der Waals surface area contributed by atoms with Gasteiger partial charge in [-0.15, -0.1) is 0 Å². The van der Waals surface area contributed by atoms with Crippen LogP contribution in [0.4, 0.5) is 0 Å². The summed E-state index contributed by atoms with van der Waals surface area (Å²) >= 11 is 0. The summed E-state index contributed by atoms with van der Waals surface area (Å²) < 4.78 is 0. The number of carbonyl (C=O) groups is 2. The number of hydrogen-bond acceptors (Lipinski definition) is 2. The Morgan fingerprint density at radius 1 is 1.20 bits per heavy atom. The number of amides is 2. The largest absolute Gasteiger partial charge is 0.342 e. The Morgan fingerprint density at radius 2 is 1.85 bits per heavy atom. The molecule has 4 heteroatoms. The maximum absolute atomic E-state index is 12.6. The third kappa shape index (κ3) is 2.99. The zero-order valence-electron chi connectivity index (χ0n) is 13.2. The maximum atomic E-state index is 12.6. The van der Waals surface area contributed by atoms with E-state index in [1.165, 1.54) is 25.7 Å². The van der Waals surface area contributed by atoms with Crippen LogP contribution in [0.2, 0.25) is 0 Å². The quantitative estimate of drug-likeness (QED) is 0.861. The SMILES string of the molecule is CC(C)C1NC(=O)C(C)N(CC2CCCCC2C)C1=O. The van der Waals surface area contributed by atoms with E-state index >= 15 is 0 Å². The highest BCUT2D eigenvalue weighted by Crippen LogP contribution is 2.31. The summed E-state index contributed by atoms with van der Waals surface area (Å²) in [6.07, 6.45) is 4.99. The predicted molar refractivity (Wildman–Crippen MR) is 79.1 cm³/mol. The van der Waals surface area contributed by atoms with E-state index in [0.717, 1.165) is 6.54 Å². The van der Waals surface area contributed by atoms with Gasteiger partial charge in [-0.1, -0.05) is 40.0 Å². The molecule has 0 aromatic rings. The minimum atomic E-state index is -0.349. The normalized spacial score (nSPS) is 35.4. The van der Waals surface area contributed by atoms with Crippen LogP contribution in [0.15, 0.2) is 0 Å². The number of hydrogen-bond donors (Lipinski definition) is 1. The zero-order chi connectivity index (χ0) is 14.9. The van der Waals surface area contributed by atoms with Crippen LogP contribution in [-0.2, 0) is 9.59 Å². The van der Waals surface area contributed by atoms with Crippen molar-refractivity contribution in [3.8, 4) is 0 Å². The van der Waals surface area contributed by atoms with E-state index in [1.54, 1.807) is 0 Å². The molecule has 114 valence electrons. The van der Waals surface area contributed by atoms with Gasteiger partial charge in [0.2, 0.25) is 11.8 Å². The highest BCUT2D eigenvalue weighted by atomic mass is 16.2. The Bertz CT molecular complexity index is 381. The smallest absolute Gasteiger partial charge is 0.246 e. The van der Waals surface area contributed by atoms with Gasteiger partial charge in [-0.05, 0) is 31.1 Å². The molecule has 2 fully saturated rings. The molecule has 2 rings (SSSR count). The van der Waals surface area contributed by atoms with Crippen LogP contribution in [0.5, 0.6) is 0 Å². The third-order valence-electron chi connectivity index (χ3n) is 5.08. The number of nitrogens with one attached hydrogen (secondary N) is 1. The van der Waals surface area contributed by atoms with E-state index in [-0.39, 0.29) is 29.8 Å². The van der Waals surface area contributed by atoms with E-state index in [1.807, 2.05) is 25.7 Å². The average molecular weight is 280 g/mol. The summed E-state index contributed by atoms with van der Waals surface area (Å²) in [5.41, 5.74) is 0. The van der Waals surface area contributed by atoms with Crippen molar-refractivity contribution >= 4 is 11.8 Å². The summed E-state index contributed by atoms with van der Waals surface area (Å²) in [4.78, 5) is 26.5. The van der Waals surface area contributed by atoms with Crippen molar-refractivity contribution in [1.82, 2.24) is 10.2 Å². The van der Waals surface area contributed by atoms with Crippen molar-refractivity contribution in [1.29, 1.82) is 0 Å². The van der Waals surface area contributed by atoms with Crippen LogP contribution in [0.3, 0.4) is 0 Å². The van der Waals surface area contributed by atoms with Crippen molar-refractivity contribution in [2.24, 2.45) is 17.8 Å². The molecule has 0 aromatic carbocycles. The van der Waals surface area contributed by atoms with E-state index < -0.39 is 0 Å². The van der Waals surface area contributed by atoms with Gasteiger partial charge in [0.25, 0.3) is 0 Å². The second-order valence-electron chi connectivity index (χ2n) is 6.92. The molecule has 4 nitrogen and oxygen atoms in total. The van der Waals surface area contributed by atoms with Gasteiger partial charge in [-0.3, -0.25) is 9.59 Å². The fourth-order valence-electron chi connectivity index (χ4n) is 3.46. The summed E-state index contributed by atoms with van der Waals surface area (Å²) in [6, 6.07) is -0.677. The second kappa shape index (κ2) is 6.15. The topological polar surface area (TPSA) is 49.4 Å². The van der Waals surface area contributed by atoms with Gasteiger partial charge in [0, 0.05) is 6.54 Å². The number of carbonyl (C=O) groups excluding carboxylic acids is 2. The van der Waals surface area contributed by atoms with Gasteiger partial charge in [0.1, 0.15) is 12.1 Å². The van der Waals surface area contributed by atoms with Gasteiger partial charge >= 0.3 is 0 Å². The molecule has 0 radical (unpaired) electrons. The van der Waals surface area contributed by atoms with Crippen LogP contribution in [0.25, 0.3) is 0 Å². The molecular weight excluding hydrogens is 252 g/mol. The highest BCUT2D eigenvalue weighted by molar-refractivity contribution is 5.96. The first-order chi connectivity index (χ1) is 9.41. The lowest BCUT2D eigenvalue weighted by Gasteiger charge is -2.42. The lowest BCUT2D eigenvalue weighted by molar-refractivity contribution is -0.151. The van der Waals surface area contributed by atoms with Crippen molar-refractivity contribution in [3.63, 3.8) is 0 Å². The molecule has 0 aromatic heterocycles. The number of piperazine rings is 1. The third-order valence-corrected chi connectivity index (χ3v) is 5.08. The summed E-state index contributed by atoms with van der Waals surface area (Å²) in [5, 5.41) is 2.86. The average Bonchev–Trinajstić information content (AvgIpc) is 2.40. The summed E-state index contributed by atoms with van der Waals surface area (Å²) in [6.45, 7) is 8.85. The monoisotopic (exact) mass is 280 g/mol. The van der Waals surface area contributed by atoms with Gasteiger partial charge in [0.15, 0.2) is 0 Å². The van der Waals surface area contributed by atoms with E-state index in [4.69, 9.17) is 0 Å². The van der Waals surface area contributed by atoms with Crippen molar-refractivity contribution in [2.45, 2.75) is 65.5 Å². The Labute approximate surface area is 122 Å². The molecule has 4 atom stereocenters. The van der Waals surface area contributed by atoms with E-state index in [2.05, 4.69) is 12.2 Å². The Kier molecular flexibility index (Phi) is 4.71. The minimum absolute atomic E-state index is 0.00763. The fraction of sp³-hybridized carbons (Fsp3) is 0.875. The second-order valence-corrected chi connectivity index (χ2v) is 6.92. The molecular formula is C16H28N2O2. The van der Waals surface area contributed by atoms with Crippen LogP contribution in [0.1, 0.15) is 53.4 Å². The predicted octanol–water partition coefficient (Wildman–Crippen LogP) is 2.18. The summed E-state index contributed by atoms with van der Waals surface area (Å²) in [5.74, 6) is 1.45. The van der Waals surface area contributed by atoms with Crippen LogP contribution < -0.4 is 5.32 Å². The lowest BCUT2D eigenvalue weighted by atomic mass is 9.79. The molecule has 0 spiro atoms. The first-order valence-corrected chi connectivity index (χ1v) is 8.02. The van der Waals surface area contributed by atoms with Gasteiger partial charge in [-0.25, -0.2) is 0 Å². The van der Waals surface area contributed by atoms with E-state index in [9.17, 15) is 9.59 Å². The summed E-state index contributed by atoms with van der Waals surface area (Å²) in [7, 11) is 0. The van der Waals surface area contributed by atoms with Crippen LogP contribution >= 0.6 is 0 Å². The molecule has 4 unspecified atom stereocenters. The molecule has 1 heterocycles. The number of nitrogens with zero attached hydrogens (tertiary/aromatic N) is 1. The molecule has 0 bridgehead atoms. The Hall–Kier alpha value is -1.06.